The van der Waals surface area contributed by atoms with Crippen LogP contribution in [-0.4, -0.2) is 52.9 Å². The number of aryl methyl sites for hydroxylation is 1. The predicted molar refractivity (Wildman–Crippen MR) is 117 cm³/mol. The third kappa shape index (κ3) is 4.30. The normalized spacial score (nSPS) is 20.1. The highest BCUT2D eigenvalue weighted by Gasteiger charge is 2.42. The molecule has 2 atom stereocenters. The molecule has 2 aliphatic heterocycles. The third-order valence-corrected chi connectivity index (χ3v) is 6.58. The van der Waals surface area contributed by atoms with Gasteiger partial charge in [0.1, 0.15) is 11.6 Å². The minimum absolute atomic E-state index is 0.00485. The highest BCUT2D eigenvalue weighted by molar-refractivity contribution is 6.33. The molecule has 2 fully saturated rings. The number of aromatic hydroxyl groups is 1. The molecule has 2 unspecified atom stereocenters. The largest absolute Gasteiger partial charge is 0.508 e. The number of halogens is 2. The lowest BCUT2D eigenvalue weighted by atomic mass is 9.99. The number of nitrogens with zero attached hydrogens (tertiary/aromatic N) is 2. The Morgan fingerprint density at radius 2 is 1.74 bits per heavy atom. The fourth-order valence-corrected chi connectivity index (χ4v) is 4.86. The number of likely N-dealkylation sites (tertiary alicyclic amines) is 2. The molecule has 2 aliphatic rings. The van der Waals surface area contributed by atoms with Gasteiger partial charge in [0, 0.05) is 55.6 Å². The van der Waals surface area contributed by atoms with E-state index >= 15 is 0 Å². The van der Waals surface area contributed by atoms with Gasteiger partial charge in [0.05, 0.1) is 5.02 Å². The van der Waals surface area contributed by atoms with E-state index in [1.807, 2.05) is 4.90 Å². The summed E-state index contributed by atoms with van der Waals surface area (Å²) < 4.78 is 14.2. The SMILES string of the molecule is C=CC(=O)N1CC2CN(C(=O)CCc3cc(-c4ccccc4F)c(Cl)cc3O)CC2C1. The molecule has 5 nitrogen and oxygen atoms in total. The van der Waals surface area contributed by atoms with Crippen LogP contribution in [0.25, 0.3) is 11.1 Å². The molecule has 1 N–H and O–H groups in total. The van der Waals surface area contributed by atoms with E-state index in [-0.39, 0.29) is 29.0 Å². The minimum atomic E-state index is -0.398. The van der Waals surface area contributed by atoms with E-state index in [0.29, 0.717) is 61.1 Å². The summed E-state index contributed by atoms with van der Waals surface area (Å²) in [5.41, 5.74) is 1.40. The lowest BCUT2D eigenvalue weighted by Crippen LogP contribution is -2.35. The molecule has 2 saturated heterocycles. The molecule has 2 amide bonds. The van der Waals surface area contributed by atoms with Crippen LogP contribution in [0.2, 0.25) is 5.02 Å². The molecule has 0 aromatic heterocycles. The average molecular weight is 443 g/mol. The van der Waals surface area contributed by atoms with Gasteiger partial charge in [-0.2, -0.15) is 0 Å². The van der Waals surface area contributed by atoms with Crippen LogP contribution < -0.4 is 0 Å². The fourth-order valence-electron chi connectivity index (χ4n) is 4.60. The molecule has 2 aromatic rings. The maximum Gasteiger partial charge on any atom is 0.245 e. The zero-order valence-electron chi connectivity index (χ0n) is 17.1. The molecule has 0 bridgehead atoms. The van der Waals surface area contributed by atoms with Crippen LogP contribution in [0.1, 0.15) is 12.0 Å². The Kier molecular flexibility index (Phi) is 6.01. The van der Waals surface area contributed by atoms with Crippen molar-refractivity contribution in [3.05, 3.63) is 65.5 Å². The molecule has 0 spiro atoms. The Labute approximate surface area is 185 Å². The summed E-state index contributed by atoms with van der Waals surface area (Å²) in [5.74, 6) is 0.141. The minimum Gasteiger partial charge on any atom is -0.508 e. The summed E-state index contributed by atoms with van der Waals surface area (Å²) in [6, 6.07) is 9.36. The second-order valence-corrected chi connectivity index (χ2v) is 8.61. The zero-order chi connectivity index (χ0) is 22.1. The molecule has 162 valence electrons. The van der Waals surface area contributed by atoms with Gasteiger partial charge in [0.2, 0.25) is 11.8 Å². The lowest BCUT2D eigenvalue weighted by Gasteiger charge is -2.21. The van der Waals surface area contributed by atoms with Crippen molar-refractivity contribution in [2.45, 2.75) is 12.8 Å². The molecule has 7 heteroatoms. The zero-order valence-corrected chi connectivity index (χ0v) is 17.8. The Balaban J connectivity index is 1.41. The highest BCUT2D eigenvalue weighted by atomic mass is 35.5. The smallest absolute Gasteiger partial charge is 0.245 e. The van der Waals surface area contributed by atoms with Gasteiger partial charge >= 0.3 is 0 Å². The van der Waals surface area contributed by atoms with E-state index in [1.165, 1.54) is 18.2 Å². The molecule has 0 radical (unpaired) electrons. The van der Waals surface area contributed by atoms with Gasteiger partial charge in [-0.3, -0.25) is 9.59 Å². The summed E-state index contributed by atoms with van der Waals surface area (Å²) in [4.78, 5) is 28.2. The maximum absolute atomic E-state index is 14.2. The summed E-state index contributed by atoms with van der Waals surface area (Å²) >= 11 is 6.24. The standard InChI is InChI=1S/C24H24ClFN2O3/c1-2-23(30)27-11-16-13-28(14-17(16)12-27)24(31)8-7-15-9-19(20(25)10-22(15)29)18-5-3-4-6-21(18)26/h2-6,9-10,16-17,29H,1,7-8,11-14H2. The Bertz CT molecular complexity index is 1030. The summed E-state index contributed by atoms with van der Waals surface area (Å²) in [6.07, 6.45) is 1.90. The van der Waals surface area contributed by atoms with E-state index in [2.05, 4.69) is 6.58 Å². The lowest BCUT2D eigenvalue weighted by molar-refractivity contribution is -0.130. The number of phenolic OH excluding ortho intramolecular Hbond substituents is 1. The quantitative estimate of drug-likeness (QED) is 0.715. The van der Waals surface area contributed by atoms with Gasteiger partial charge in [-0.1, -0.05) is 36.4 Å². The van der Waals surface area contributed by atoms with E-state index < -0.39 is 5.82 Å². The monoisotopic (exact) mass is 442 g/mol. The van der Waals surface area contributed by atoms with Gasteiger partial charge in [-0.25, -0.2) is 4.39 Å². The number of carbonyl (C=O) groups is 2. The summed E-state index contributed by atoms with van der Waals surface area (Å²) in [5, 5.41) is 10.6. The van der Waals surface area contributed by atoms with Crippen molar-refractivity contribution in [3.8, 4) is 16.9 Å². The topological polar surface area (TPSA) is 60.9 Å². The van der Waals surface area contributed by atoms with Crippen molar-refractivity contribution < 1.29 is 19.1 Å². The second-order valence-electron chi connectivity index (χ2n) is 8.21. The molecule has 31 heavy (non-hydrogen) atoms. The molecular weight excluding hydrogens is 419 g/mol. The van der Waals surface area contributed by atoms with E-state index in [0.717, 1.165) is 0 Å². The van der Waals surface area contributed by atoms with Crippen molar-refractivity contribution in [1.29, 1.82) is 0 Å². The third-order valence-electron chi connectivity index (χ3n) is 6.27. The van der Waals surface area contributed by atoms with Crippen LogP contribution in [0.5, 0.6) is 5.75 Å². The van der Waals surface area contributed by atoms with Gasteiger partial charge in [0.25, 0.3) is 0 Å². The first-order valence-corrected chi connectivity index (χ1v) is 10.7. The van der Waals surface area contributed by atoms with Gasteiger partial charge in [-0.05, 0) is 36.3 Å². The Morgan fingerprint density at radius 3 is 2.39 bits per heavy atom. The van der Waals surface area contributed by atoms with E-state index in [1.54, 1.807) is 29.2 Å². The highest BCUT2D eigenvalue weighted by Crippen LogP contribution is 2.36. The number of phenols is 1. The molecule has 2 aromatic carbocycles. The van der Waals surface area contributed by atoms with Crippen LogP contribution in [0, 0.1) is 17.7 Å². The molecular formula is C24H24ClFN2O3. The first-order chi connectivity index (χ1) is 14.9. The molecule has 4 rings (SSSR count). The number of rotatable bonds is 5. The summed E-state index contributed by atoms with van der Waals surface area (Å²) in [6.45, 7) is 6.12. The summed E-state index contributed by atoms with van der Waals surface area (Å²) in [7, 11) is 0. The van der Waals surface area contributed by atoms with Gasteiger partial charge in [0.15, 0.2) is 0 Å². The van der Waals surface area contributed by atoms with Crippen LogP contribution in [0.4, 0.5) is 4.39 Å². The number of carbonyl (C=O) groups excluding carboxylic acids is 2. The number of benzene rings is 2. The molecule has 0 aliphatic carbocycles. The first kappa shape index (κ1) is 21.4. The number of amides is 2. The molecule has 2 heterocycles. The number of hydrogen-bond acceptors (Lipinski definition) is 3. The molecule has 0 saturated carbocycles. The van der Waals surface area contributed by atoms with Crippen molar-refractivity contribution in [3.63, 3.8) is 0 Å². The maximum atomic E-state index is 14.2. The van der Waals surface area contributed by atoms with E-state index in [4.69, 9.17) is 11.6 Å². The van der Waals surface area contributed by atoms with Crippen molar-refractivity contribution in [2.75, 3.05) is 26.2 Å². The van der Waals surface area contributed by atoms with Crippen LogP contribution >= 0.6 is 11.6 Å². The van der Waals surface area contributed by atoms with Gasteiger partial charge < -0.3 is 14.9 Å². The fraction of sp³-hybridized carbons (Fsp3) is 0.333. The van der Waals surface area contributed by atoms with Crippen molar-refractivity contribution in [2.24, 2.45) is 11.8 Å². The Morgan fingerprint density at radius 1 is 1.10 bits per heavy atom. The van der Waals surface area contributed by atoms with Crippen LogP contribution in [-0.2, 0) is 16.0 Å². The van der Waals surface area contributed by atoms with Crippen molar-refractivity contribution in [1.82, 2.24) is 9.80 Å². The Hall–Kier alpha value is -2.86. The van der Waals surface area contributed by atoms with Crippen molar-refractivity contribution >= 4 is 23.4 Å². The average Bonchev–Trinajstić information content (AvgIpc) is 3.32. The number of fused-ring (bicyclic) bond motifs is 1. The first-order valence-electron chi connectivity index (χ1n) is 10.3. The van der Waals surface area contributed by atoms with Crippen LogP contribution in [0.15, 0.2) is 49.1 Å². The number of hydrogen-bond donors (Lipinski definition) is 1. The predicted octanol–water partition coefficient (Wildman–Crippen LogP) is 3.89. The van der Waals surface area contributed by atoms with E-state index in [9.17, 15) is 19.1 Å². The van der Waals surface area contributed by atoms with Crippen LogP contribution in [0.3, 0.4) is 0 Å². The second kappa shape index (κ2) is 8.71. The van der Waals surface area contributed by atoms with Gasteiger partial charge in [-0.15, -0.1) is 0 Å².